The van der Waals surface area contributed by atoms with E-state index in [4.69, 9.17) is 0 Å². The summed E-state index contributed by atoms with van der Waals surface area (Å²) in [5, 5.41) is 13.6. The minimum absolute atomic E-state index is 0.210. The van der Waals surface area contributed by atoms with Gasteiger partial charge in [0.1, 0.15) is 0 Å². The zero-order valence-electron chi connectivity index (χ0n) is 12.8. The first-order valence-corrected chi connectivity index (χ1v) is 8.75. The second-order valence-corrected chi connectivity index (χ2v) is 7.94. The van der Waals surface area contributed by atoms with Crippen molar-refractivity contribution in [3.63, 3.8) is 0 Å². The number of carbonyl (C=O) groups is 1. The van der Waals surface area contributed by atoms with Crippen LogP contribution in [0, 0.1) is 23.2 Å². The highest BCUT2D eigenvalue weighted by Gasteiger charge is 2.66. The van der Waals surface area contributed by atoms with Crippen LogP contribution >= 0.6 is 0 Å². The van der Waals surface area contributed by atoms with Gasteiger partial charge in [-0.1, -0.05) is 24.3 Å². The third-order valence-corrected chi connectivity index (χ3v) is 6.99. The van der Waals surface area contributed by atoms with Crippen molar-refractivity contribution in [2.24, 2.45) is 23.2 Å². The standard InChI is InChI=1S/C19H23NO2/c21-15-10-11-3-1-2-4-14(11)17(15)20-18(22)16-12-5-6-13(9-12)19(16)7-8-19/h1-4,12-13,15-17,21H,5-10H2,(H,20,22)/t12-,13+,15+,16+,17-/m0/s1. The summed E-state index contributed by atoms with van der Waals surface area (Å²) in [6, 6.07) is 7.90. The molecule has 1 aromatic carbocycles. The molecule has 0 heterocycles. The van der Waals surface area contributed by atoms with E-state index in [0.717, 1.165) is 11.5 Å². The van der Waals surface area contributed by atoms with E-state index in [0.29, 0.717) is 17.8 Å². The van der Waals surface area contributed by atoms with Crippen LogP contribution in [0.4, 0.5) is 0 Å². The fourth-order valence-electron chi connectivity index (χ4n) is 5.89. The smallest absolute Gasteiger partial charge is 0.224 e. The van der Waals surface area contributed by atoms with Crippen LogP contribution in [0.3, 0.4) is 0 Å². The van der Waals surface area contributed by atoms with Gasteiger partial charge in [0.05, 0.1) is 12.1 Å². The summed E-state index contributed by atoms with van der Waals surface area (Å²) in [7, 11) is 0. The molecule has 116 valence electrons. The summed E-state index contributed by atoms with van der Waals surface area (Å²) in [4.78, 5) is 13.0. The number of hydrogen-bond acceptors (Lipinski definition) is 2. The number of rotatable bonds is 2. The number of carbonyl (C=O) groups excluding carboxylic acids is 1. The molecule has 0 aliphatic heterocycles. The van der Waals surface area contributed by atoms with Gasteiger partial charge in [0.15, 0.2) is 0 Å². The number of aliphatic hydroxyl groups excluding tert-OH is 1. The van der Waals surface area contributed by atoms with Gasteiger partial charge in [-0.2, -0.15) is 0 Å². The minimum Gasteiger partial charge on any atom is -0.390 e. The van der Waals surface area contributed by atoms with Crippen molar-refractivity contribution in [3.05, 3.63) is 35.4 Å². The lowest BCUT2D eigenvalue weighted by atomic mass is 9.75. The van der Waals surface area contributed by atoms with Crippen molar-refractivity contribution in [2.45, 2.75) is 50.7 Å². The molecule has 5 atom stereocenters. The highest BCUT2D eigenvalue weighted by atomic mass is 16.3. The molecule has 2 bridgehead atoms. The Bertz CT molecular complexity index is 636. The van der Waals surface area contributed by atoms with Crippen molar-refractivity contribution < 1.29 is 9.90 Å². The molecule has 5 rings (SSSR count). The molecule has 1 spiro atoms. The van der Waals surface area contributed by atoms with Gasteiger partial charge in [0, 0.05) is 12.3 Å². The first kappa shape index (κ1) is 13.1. The summed E-state index contributed by atoms with van der Waals surface area (Å²) in [6.07, 6.45) is 6.50. The zero-order chi connectivity index (χ0) is 14.9. The van der Waals surface area contributed by atoms with Crippen LogP contribution < -0.4 is 5.32 Å². The minimum atomic E-state index is -0.477. The topological polar surface area (TPSA) is 49.3 Å². The number of amides is 1. The van der Waals surface area contributed by atoms with E-state index in [1.54, 1.807) is 0 Å². The maximum atomic E-state index is 13.0. The number of nitrogens with one attached hydrogen (secondary N) is 1. The lowest BCUT2D eigenvalue weighted by molar-refractivity contribution is -0.130. The fraction of sp³-hybridized carbons (Fsp3) is 0.632. The van der Waals surface area contributed by atoms with Gasteiger partial charge >= 0.3 is 0 Å². The molecule has 3 saturated carbocycles. The summed E-state index contributed by atoms with van der Waals surface area (Å²) in [5.41, 5.74) is 2.63. The highest BCUT2D eigenvalue weighted by molar-refractivity contribution is 5.82. The Kier molecular flexibility index (Phi) is 2.59. The summed E-state index contributed by atoms with van der Waals surface area (Å²) < 4.78 is 0. The molecule has 4 aliphatic carbocycles. The Morgan fingerprint density at radius 3 is 2.86 bits per heavy atom. The Morgan fingerprint density at radius 1 is 1.23 bits per heavy atom. The predicted molar refractivity (Wildman–Crippen MR) is 83.0 cm³/mol. The third kappa shape index (κ3) is 1.63. The van der Waals surface area contributed by atoms with Gasteiger partial charge < -0.3 is 10.4 Å². The largest absolute Gasteiger partial charge is 0.390 e. The van der Waals surface area contributed by atoms with Gasteiger partial charge in [-0.05, 0) is 60.5 Å². The third-order valence-electron chi connectivity index (χ3n) is 6.99. The van der Waals surface area contributed by atoms with Gasteiger partial charge in [-0.3, -0.25) is 4.79 Å². The van der Waals surface area contributed by atoms with Crippen molar-refractivity contribution in [3.8, 4) is 0 Å². The van der Waals surface area contributed by atoms with Gasteiger partial charge in [-0.25, -0.2) is 0 Å². The van der Waals surface area contributed by atoms with E-state index < -0.39 is 6.10 Å². The van der Waals surface area contributed by atoms with E-state index in [9.17, 15) is 9.90 Å². The average Bonchev–Trinajstić information content (AvgIpc) is 2.91. The Labute approximate surface area is 131 Å². The fourth-order valence-corrected chi connectivity index (χ4v) is 5.89. The Morgan fingerprint density at radius 2 is 2.05 bits per heavy atom. The molecule has 2 N–H and O–H groups in total. The molecule has 0 aromatic heterocycles. The van der Waals surface area contributed by atoms with Crippen molar-refractivity contribution in [1.29, 1.82) is 0 Å². The monoisotopic (exact) mass is 297 g/mol. The molecule has 22 heavy (non-hydrogen) atoms. The van der Waals surface area contributed by atoms with Crippen LogP contribution in [0.1, 0.15) is 49.3 Å². The Hall–Kier alpha value is -1.35. The van der Waals surface area contributed by atoms with Crippen LogP contribution in [0.25, 0.3) is 0 Å². The molecule has 3 nitrogen and oxygen atoms in total. The summed E-state index contributed by atoms with van der Waals surface area (Å²) >= 11 is 0. The van der Waals surface area contributed by atoms with Crippen LogP contribution in [0.2, 0.25) is 0 Å². The molecule has 4 aliphatic rings. The quantitative estimate of drug-likeness (QED) is 0.881. The van der Waals surface area contributed by atoms with Crippen LogP contribution in [0.5, 0.6) is 0 Å². The van der Waals surface area contributed by atoms with Crippen LogP contribution in [-0.2, 0) is 11.2 Å². The van der Waals surface area contributed by atoms with Gasteiger partial charge in [-0.15, -0.1) is 0 Å². The molecule has 0 saturated heterocycles. The van der Waals surface area contributed by atoms with Crippen molar-refractivity contribution in [1.82, 2.24) is 5.32 Å². The SMILES string of the molecule is O=C(N[C@H]1c2ccccc2C[C@H]1O)[C@H]1[C@H]2CC[C@H](C2)C12CC2. The molecule has 1 amide bonds. The summed E-state index contributed by atoms with van der Waals surface area (Å²) in [6.45, 7) is 0. The van der Waals surface area contributed by atoms with E-state index in [-0.39, 0.29) is 17.9 Å². The second kappa shape index (κ2) is 4.35. The van der Waals surface area contributed by atoms with E-state index >= 15 is 0 Å². The predicted octanol–water partition coefficient (Wildman–Crippen LogP) is 2.59. The highest BCUT2D eigenvalue weighted by Crippen LogP contribution is 2.71. The average molecular weight is 297 g/mol. The van der Waals surface area contributed by atoms with Crippen LogP contribution in [0.15, 0.2) is 24.3 Å². The summed E-state index contributed by atoms with van der Waals surface area (Å²) in [5.74, 6) is 1.83. The molecule has 0 unspecified atom stereocenters. The van der Waals surface area contributed by atoms with Crippen molar-refractivity contribution in [2.75, 3.05) is 0 Å². The first-order chi connectivity index (χ1) is 10.7. The van der Waals surface area contributed by atoms with E-state index in [2.05, 4.69) is 11.4 Å². The maximum absolute atomic E-state index is 13.0. The molecular weight excluding hydrogens is 274 g/mol. The maximum Gasteiger partial charge on any atom is 0.224 e. The lowest BCUT2D eigenvalue weighted by Crippen LogP contribution is -2.43. The number of benzene rings is 1. The molecular formula is C19H23NO2. The number of fused-ring (bicyclic) bond motifs is 4. The van der Waals surface area contributed by atoms with Crippen LogP contribution in [-0.4, -0.2) is 17.1 Å². The first-order valence-electron chi connectivity index (χ1n) is 8.75. The second-order valence-electron chi connectivity index (χ2n) is 7.94. The molecule has 0 radical (unpaired) electrons. The van der Waals surface area contributed by atoms with E-state index in [1.165, 1.54) is 37.7 Å². The molecule has 1 aromatic rings. The molecule has 3 heteroatoms. The van der Waals surface area contributed by atoms with Crippen molar-refractivity contribution >= 4 is 5.91 Å². The number of hydrogen-bond donors (Lipinski definition) is 2. The molecule has 3 fully saturated rings. The van der Waals surface area contributed by atoms with Gasteiger partial charge in [0.2, 0.25) is 5.91 Å². The van der Waals surface area contributed by atoms with E-state index in [1.807, 2.05) is 18.2 Å². The lowest BCUT2D eigenvalue weighted by Gasteiger charge is -2.31. The number of aliphatic hydroxyl groups is 1. The normalized spacial score (nSPS) is 40.0. The van der Waals surface area contributed by atoms with Gasteiger partial charge in [0.25, 0.3) is 0 Å². The Balaban J connectivity index is 1.39. The zero-order valence-corrected chi connectivity index (χ0v) is 12.8.